The molecule has 0 saturated carbocycles. The predicted molar refractivity (Wildman–Crippen MR) is 48.6 cm³/mol. The van der Waals surface area contributed by atoms with Crippen molar-refractivity contribution in [1.29, 1.82) is 0 Å². The minimum absolute atomic E-state index is 0.199. The average Bonchev–Trinajstić information content (AvgIpc) is 2.04. The SMILES string of the molecule is NC=Nc1cccc(S(=O)(=O)O)c1. The molecule has 0 radical (unpaired) electrons. The summed E-state index contributed by atoms with van der Waals surface area (Å²) < 4.78 is 30.0. The number of benzene rings is 1. The number of rotatable bonds is 2. The van der Waals surface area contributed by atoms with Gasteiger partial charge in [0.05, 0.1) is 16.9 Å². The fourth-order valence-corrected chi connectivity index (χ4v) is 1.33. The van der Waals surface area contributed by atoms with E-state index >= 15 is 0 Å². The molecule has 5 nitrogen and oxygen atoms in total. The van der Waals surface area contributed by atoms with Gasteiger partial charge in [0.2, 0.25) is 0 Å². The van der Waals surface area contributed by atoms with Crippen molar-refractivity contribution in [3.8, 4) is 0 Å². The van der Waals surface area contributed by atoms with Gasteiger partial charge in [-0.2, -0.15) is 8.42 Å². The summed E-state index contributed by atoms with van der Waals surface area (Å²) in [6.07, 6.45) is 1.04. The van der Waals surface area contributed by atoms with Gasteiger partial charge >= 0.3 is 0 Å². The van der Waals surface area contributed by atoms with Crippen molar-refractivity contribution in [2.24, 2.45) is 10.7 Å². The Morgan fingerprint density at radius 3 is 2.69 bits per heavy atom. The summed E-state index contributed by atoms with van der Waals surface area (Å²) in [7, 11) is -4.16. The Balaban J connectivity index is 3.21. The van der Waals surface area contributed by atoms with Crippen LogP contribution in [0, 0.1) is 0 Å². The topological polar surface area (TPSA) is 92.8 Å². The maximum Gasteiger partial charge on any atom is 0.294 e. The summed E-state index contributed by atoms with van der Waals surface area (Å²) in [5.74, 6) is 0. The third-order valence-electron chi connectivity index (χ3n) is 1.34. The molecular formula is C7H8N2O3S. The smallest absolute Gasteiger partial charge is 0.294 e. The van der Waals surface area contributed by atoms with Crippen LogP contribution in [0.2, 0.25) is 0 Å². The van der Waals surface area contributed by atoms with E-state index < -0.39 is 10.1 Å². The van der Waals surface area contributed by atoms with Gasteiger partial charge in [-0.05, 0) is 18.2 Å². The number of nitrogens with two attached hydrogens (primary N) is 1. The summed E-state index contributed by atoms with van der Waals surface area (Å²) in [6, 6.07) is 5.52. The van der Waals surface area contributed by atoms with E-state index in [1.807, 2.05) is 0 Å². The predicted octanol–water partition coefficient (Wildman–Crippen LogP) is 0.552. The van der Waals surface area contributed by atoms with E-state index in [2.05, 4.69) is 4.99 Å². The number of hydrogen-bond donors (Lipinski definition) is 2. The van der Waals surface area contributed by atoms with Crippen molar-refractivity contribution in [1.82, 2.24) is 0 Å². The first-order valence-electron chi connectivity index (χ1n) is 3.36. The monoisotopic (exact) mass is 200 g/mol. The number of aliphatic imine (C=N–C) groups is 1. The molecule has 70 valence electrons. The molecule has 0 spiro atoms. The molecular weight excluding hydrogens is 192 g/mol. The van der Waals surface area contributed by atoms with Gasteiger partial charge in [-0.15, -0.1) is 0 Å². The molecule has 0 unspecified atom stereocenters. The lowest BCUT2D eigenvalue weighted by Gasteiger charge is -1.97. The lowest BCUT2D eigenvalue weighted by atomic mass is 10.3. The zero-order valence-corrected chi connectivity index (χ0v) is 7.40. The molecule has 0 aliphatic rings. The van der Waals surface area contributed by atoms with Crippen LogP contribution >= 0.6 is 0 Å². The van der Waals surface area contributed by atoms with Crippen LogP contribution in [0.5, 0.6) is 0 Å². The fraction of sp³-hybridized carbons (Fsp3) is 0. The molecule has 1 aromatic rings. The summed E-state index contributed by atoms with van der Waals surface area (Å²) >= 11 is 0. The van der Waals surface area contributed by atoms with Crippen LogP contribution in [0.3, 0.4) is 0 Å². The minimum atomic E-state index is -4.16. The first kappa shape index (κ1) is 9.69. The minimum Gasteiger partial charge on any atom is -0.390 e. The number of hydrogen-bond acceptors (Lipinski definition) is 3. The maximum absolute atomic E-state index is 10.7. The standard InChI is InChI=1S/C7H8N2O3S/c8-5-9-6-2-1-3-7(4-6)13(10,11)12/h1-5H,(H2,8,9)(H,10,11,12). The van der Waals surface area contributed by atoms with Crippen LogP contribution in [0.15, 0.2) is 34.2 Å². The Morgan fingerprint density at radius 2 is 2.15 bits per heavy atom. The molecule has 0 saturated heterocycles. The average molecular weight is 200 g/mol. The van der Waals surface area contributed by atoms with Crippen LogP contribution in [-0.2, 0) is 10.1 Å². The van der Waals surface area contributed by atoms with E-state index in [0.29, 0.717) is 5.69 Å². The van der Waals surface area contributed by atoms with Crippen molar-refractivity contribution in [3.63, 3.8) is 0 Å². The Bertz CT molecular complexity index is 425. The molecule has 0 aliphatic heterocycles. The third kappa shape index (κ3) is 2.53. The summed E-state index contributed by atoms with van der Waals surface area (Å²) in [5, 5.41) is 0. The Kier molecular flexibility index (Phi) is 2.64. The molecule has 13 heavy (non-hydrogen) atoms. The molecule has 0 fully saturated rings. The van der Waals surface area contributed by atoms with Crippen molar-refractivity contribution < 1.29 is 13.0 Å². The highest BCUT2D eigenvalue weighted by Gasteiger charge is 2.08. The third-order valence-corrected chi connectivity index (χ3v) is 2.19. The van der Waals surface area contributed by atoms with Gasteiger partial charge in [-0.1, -0.05) is 6.07 Å². The van der Waals surface area contributed by atoms with Gasteiger partial charge in [0.25, 0.3) is 10.1 Å². The molecule has 0 aromatic heterocycles. The zero-order valence-electron chi connectivity index (χ0n) is 6.58. The van der Waals surface area contributed by atoms with Gasteiger partial charge in [-0.25, -0.2) is 4.99 Å². The highest BCUT2D eigenvalue weighted by atomic mass is 32.2. The summed E-state index contributed by atoms with van der Waals surface area (Å²) in [6.45, 7) is 0. The summed E-state index contributed by atoms with van der Waals surface area (Å²) in [4.78, 5) is 3.46. The van der Waals surface area contributed by atoms with Gasteiger partial charge in [0, 0.05) is 0 Å². The largest absolute Gasteiger partial charge is 0.390 e. The molecule has 6 heteroatoms. The highest BCUT2D eigenvalue weighted by Crippen LogP contribution is 2.16. The van der Waals surface area contributed by atoms with Crippen molar-refractivity contribution >= 4 is 22.1 Å². The van der Waals surface area contributed by atoms with E-state index in [1.54, 1.807) is 6.07 Å². The van der Waals surface area contributed by atoms with Gasteiger partial charge in [0.15, 0.2) is 0 Å². The molecule has 0 heterocycles. The van der Waals surface area contributed by atoms with E-state index in [9.17, 15) is 8.42 Å². The van der Waals surface area contributed by atoms with Crippen LogP contribution < -0.4 is 5.73 Å². The number of nitrogens with zero attached hydrogens (tertiary/aromatic N) is 1. The van der Waals surface area contributed by atoms with E-state index in [-0.39, 0.29) is 4.90 Å². The van der Waals surface area contributed by atoms with E-state index in [4.69, 9.17) is 10.3 Å². The molecule has 1 aromatic carbocycles. The quantitative estimate of drug-likeness (QED) is 0.414. The van der Waals surface area contributed by atoms with Crippen molar-refractivity contribution in [3.05, 3.63) is 24.3 Å². The van der Waals surface area contributed by atoms with Gasteiger partial charge < -0.3 is 5.73 Å². The second kappa shape index (κ2) is 3.55. The highest BCUT2D eigenvalue weighted by molar-refractivity contribution is 7.85. The lowest BCUT2D eigenvalue weighted by molar-refractivity contribution is 0.483. The molecule has 0 atom stereocenters. The Labute approximate surface area is 75.7 Å². The van der Waals surface area contributed by atoms with E-state index in [1.165, 1.54) is 18.2 Å². The maximum atomic E-state index is 10.7. The van der Waals surface area contributed by atoms with Crippen LogP contribution in [0.25, 0.3) is 0 Å². The first-order chi connectivity index (χ1) is 6.04. The van der Waals surface area contributed by atoms with Gasteiger partial charge in [0.1, 0.15) is 0 Å². The van der Waals surface area contributed by atoms with Crippen LogP contribution in [0.4, 0.5) is 5.69 Å². The second-order valence-electron chi connectivity index (χ2n) is 2.25. The van der Waals surface area contributed by atoms with E-state index in [0.717, 1.165) is 6.34 Å². The zero-order chi connectivity index (χ0) is 9.90. The molecule has 0 aliphatic carbocycles. The van der Waals surface area contributed by atoms with Crippen LogP contribution in [0.1, 0.15) is 0 Å². The molecule has 0 amide bonds. The Hall–Kier alpha value is -1.40. The second-order valence-corrected chi connectivity index (χ2v) is 3.67. The fourth-order valence-electron chi connectivity index (χ4n) is 0.810. The first-order valence-corrected chi connectivity index (χ1v) is 4.80. The van der Waals surface area contributed by atoms with Crippen molar-refractivity contribution in [2.45, 2.75) is 4.90 Å². The van der Waals surface area contributed by atoms with Gasteiger partial charge in [-0.3, -0.25) is 4.55 Å². The molecule has 0 bridgehead atoms. The molecule has 3 N–H and O–H groups in total. The molecule has 1 rings (SSSR count). The summed E-state index contributed by atoms with van der Waals surface area (Å²) in [5.41, 5.74) is 5.39. The Morgan fingerprint density at radius 1 is 1.46 bits per heavy atom. The lowest BCUT2D eigenvalue weighted by Crippen LogP contribution is -1.97. The normalized spacial score (nSPS) is 12.1. The van der Waals surface area contributed by atoms with Crippen LogP contribution in [-0.4, -0.2) is 19.3 Å². The van der Waals surface area contributed by atoms with Crippen molar-refractivity contribution in [2.75, 3.05) is 0 Å².